The lowest BCUT2D eigenvalue weighted by Gasteiger charge is -2.23. The lowest BCUT2D eigenvalue weighted by molar-refractivity contribution is 0.0975. The third-order valence-corrected chi connectivity index (χ3v) is 3.33. The average Bonchev–Trinajstić information content (AvgIpc) is 2.85. The summed E-state index contributed by atoms with van der Waals surface area (Å²) in [5, 5.41) is 4.13. The summed E-state index contributed by atoms with van der Waals surface area (Å²) < 4.78 is 11.5. The van der Waals surface area contributed by atoms with Crippen LogP contribution in [-0.4, -0.2) is 25.1 Å². The molecular weight excluding hydrogens is 244 g/mol. The second kappa shape index (κ2) is 4.93. The fourth-order valence-electron chi connectivity index (χ4n) is 2.34. The maximum atomic E-state index is 11.2. The minimum atomic E-state index is -0.566. The van der Waals surface area contributed by atoms with Gasteiger partial charge in [-0.1, -0.05) is 12.1 Å². The van der Waals surface area contributed by atoms with E-state index in [1.165, 1.54) is 0 Å². The van der Waals surface area contributed by atoms with Gasteiger partial charge in [0.15, 0.2) is 17.1 Å². The Morgan fingerprint density at radius 3 is 2.89 bits per heavy atom. The standard InChI is InChI=1S/C14H16N2O3/c15-14(17)12-8-9-2-1-3-11(13(9)19-12)18-10-4-6-16-7-5-10/h1-3,8,10,16H,4-7H2,(H2,15,17). The van der Waals surface area contributed by atoms with Crippen LogP contribution < -0.4 is 15.8 Å². The highest BCUT2D eigenvalue weighted by atomic mass is 16.5. The molecule has 3 rings (SSSR count). The van der Waals surface area contributed by atoms with Crippen LogP contribution in [0.1, 0.15) is 23.4 Å². The fraction of sp³-hybridized carbons (Fsp3) is 0.357. The van der Waals surface area contributed by atoms with Gasteiger partial charge in [0.1, 0.15) is 6.10 Å². The summed E-state index contributed by atoms with van der Waals surface area (Å²) in [7, 11) is 0. The number of benzene rings is 1. The molecule has 0 radical (unpaired) electrons. The Hall–Kier alpha value is -2.01. The van der Waals surface area contributed by atoms with Crippen molar-refractivity contribution in [2.45, 2.75) is 18.9 Å². The molecule has 0 unspecified atom stereocenters. The molecule has 1 amide bonds. The summed E-state index contributed by atoms with van der Waals surface area (Å²) in [6.07, 6.45) is 2.13. The van der Waals surface area contributed by atoms with Gasteiger partial charge < -0.3 is 20.2 Å². The zero-order valence-electron chi connectivity index (χ0n) is 10.5. The van der Waals surface area contributed by atoms with Crippen LogP contribution in [0.3, 0.4) is 0 Å². The van der Waals surface area contributed by atoms with Crippen molar-refractivity contribution in [2.24, 2.45) is 5.73 Å². The number of hydrogen-bond acceptors (Lipinski definition) is 4. The maximum absolute atomic E-state index is 11.2. The van der Waals surface area contributed by atoms with Gasteiger partial charge >= 0.3 is 0 Å². The van der Waals surface area contributed by atoms with Crippen LogP contribution >= 0.6 is 0 Å². The second-order valence-corrected chi connectivity index (χ2v) is 4.72. The second-order valence-electron chi connectivity index (χ2n) is 4.72. The lowest BCUT2D eigenvalue weighted by Crippen LogP contribution is -2.34. The Bertz CT molecular complexity index is 600. The van der Waals surface area contributed by atoms with E-state index in [0.717, 1.165) is 31.3 Å². The molecule has 0 aliphatic carbocycles. The number of para-hydroxylation sites is 1. The average molecular weight is 260 g/mol. The van der Waals surface area contributed by atoms with Gasteiger partial charge in [-0.15, -0.1) is 0 Å². The Labute approximate surface area is 110 Å². The number of carbonyl (C=O) groups is 1. The fourth-order valence-corrected chi connectivity index (χ4v) is 2.34. The SMILES string of the molecule is NC(=O)c1cc2cccc(OC3CCNCC3)c2o1. The van der Waals surface area contributed by atoms with E-state index < -0.39 is 5.91 Å². The van der Waals surface area contributed by atoms with E-state index in [-0.39, 0.29) is 11.9 Å². The van der Waals surface area contributed by atoms with E-state index in [4.69, 9.17) is 14.9 Å². The quantitative estimate of drug-likeness (QED) is 0.879. The molecule has 1 fully saturated rings. The van der Waals surface area contributed by atoms with Crippen molar-refractivity contribution in [3.05, 3.63) is 30.0 Å². The smallest absolute Gasteiger partial charge is 0.284 e. The largest absolute Gasteiger partial charge is 0.486 e. The number of fused-ring (bicyclic) bond motifs is 1. The number of hydrogen-bond donors (Lipinski definition) is 2. The molecule has 1 aromatic carbocycles. The summed E-state index contributed by atoms with van der Waals surface area (Å²) in [6, 6.07) is 7.27. The Morgan fingerprint density at radius 1 is 1.37 bits per heavy atom. The van der Waals surface area contributed by atoms with E-state index in [9.17, 15) is 4.79 Å². The van der Waals surface area contributed by atoms with Crippen molar-refractivity contribution in [1.82, 2.24) is 5.32 Å². The monoisotopic (exact) mass is 260 g/mol. The number of piperidine rings is 1. The first kappa shape index (κ1) is 12.0. The molecule has 0 atom stereocenters. The maximum Gasteiger partial charge on any atom is 0.284 e. The minimum absolute atomic E-state index is 0.163. The summed E-state index contributed by atoms with van der Waals surface area (Å²) in [5.41, 5.74) is 5.82. The number of primary amides is 1. The molecule has 100 valence electrons. The van der Waals surface area contributed by atoms with Gasteiger partial charge in [0.25, 0.3) is 5.91 Å². The van der Waals surface area contributed by atoms with E-state index in [1.807, 2.05) is 18.2 Å². The van der Waals surface area contributed by atoms with Crippen LogP contribution in [0, 0.1) is 0 Å². The Balaban J connectivity index is 1.91. The molecule has 0 bridgehead atoms. The molecule has 3 N–H and O–H groups in total. The normalized spacial score (nSPS) is 16.6. The molecule has 1 aliphatic rings. The van der Waals surface area contributed by atoms with E-state index in [0.29, 0.717) is 11.3 Å². The van der Waals surface area contributed by atoms with Crippen LogP contribution in [0.4, 0.5) is 0 Å². The topological polar surface area (TPSA) is 77.5 Å². The first-order chi connectivity index (χ1) is 9.24. The van der Waals surface area contributed by atoms with Gasteiger partial charge in [-0.25, -0.2) is 0 Å². The van der Waals surface area contributed by atoms with Gasteiger partial charge in [0, 0.05) is 5.39 Å². The van der Waals surface area contributed by atoms with Crippen LogP contribution in [0.5, 0.6) is 5.75 Å². The summed E-state index contributed by atoms with van der Waals surface area (Å²) in [5.74, 6) is 0.275. The number of rotatable bonds is 3. The molecular formula is C14H16N2O3. The van der Waals surface area contributed by atoms with Gasteiger partial charge in [-0.2, -0.15) is 0 Å². The zero-order chi connectivity index (χ0) is 13.2. The van der Waals surface area contributed by atoms with Crippen molar-refractivity contribution in [2.75, 3.05) is 13.1 Å². The van der Waals surface area contributed by atoms with Gasteiger partial charge in [0.2, 0.25) is 0 Å². The number of furan rings is 1. The van der Waals surface area contributed by atoms with Gasteiger partial charge in [0.05, 0.1) is 0 Å². The number of nitrogens with two attached hydrogens (primary N) is 1. The third-order valence-electron chi connectivity index (χ3n) is 3.33. The summed E-state index contributed by atoms with van der Waals surface area (Å²) in [4.78, 5) is 11.2. The molecule has 0 saturated carbocycles. The molecule has 19 heavy (non-hydrogen) atoms. The van der Waals surface area contributed by atoms with Crippen molar-refractivity contribution in [3.63, 3.8) is 0 Å². The highest BCUT2D eigenvalue weighted by molar-refractivity contribution is 5.96. The third kappa shape index (κ3) is 2.42. The highest BCUT2D eigenvalue weighted by Crippen LogP contribution is 2.30. The van der Waals surface area contributed by atoms with Crippen molar-refractivity contribution in [1.29, 1.82) is 0 Å². The highest BCUT2D eigenvalue weighted by Gasteiger charge is 2.18. The van der Waals surface area contributed by atoms with Crippen LogP contribution in [0.15, 0.2) is 28.7 Å². The molecule has 1 aliphatic heterocycles. The first-order valence-corrected chi connectivity index (χ1v) is 6.44. The Kier molecular flexibility index (Phi) is 3.13. The van der Waals surface area contributed by atoms with Crippen LogP contribution in [-0.2, 0) is 0 Å². The molecule has 2 heterocycles. The molecule has 5 heteroatoms. The zero-order valence-corrected chi connectivity index (χ0v) is 10.5. The lowest BCUT2D eigenvalue weighted by atomic mass is 10.1. The summed E-state index contributed by atoms with van der Waals surface area (Å²) >= 11 is 0. The Morgan fingerprint density at radius 2 is 2.16 bits per heavy atom. The minimum Gasteiger partial charge on any atom is -0.486 e. The van der Waals surface area contributed by atoms with Crippen molar-refractivity contribution in [3.8, 4) is 5.75 Å². The number of carbonyl (C=O) groups excluding carboxylic acids is 1. The van der Waals surface area contributed by atoms with Gasteiger partial charge in [-0.3, -0.25) is 4.79 Å². The molecule has 1 aromatic heterocycles. The summed E-state index contributed by atoms with van der Waals surface area (Å²) in [6.45, 7) is 1.93. The van der Waals surface area contributed by atoms with E-state index in [1.54, 1.807) is 6.07 Å². The van der Waals surface area contributed by atoms with Crippen molar-refractivity contribution >= 4 is 16.9 Å². The predicted molar refractivity (Wildman–Crippen MR) is 71.3 cm³/mol. The molecule has 1 saturated heterocycles. The first-order valence-electron chi connectivity index (χ1n) is 6.44. The molecule has 0 spiro atoms. The van der Waals surface area contributed by atoms with E-state index in [2.05, 4.69) is 5.32 Å². The van der Waals surface area contributed by atoms with Crippen LogP contribution in [0.2, 0.25) is 0 Å². The predicted octanol–water partition coefficient (Wildman–Crippen LogP) is 1.66. The van der Waals surface area contributed by atoms with Crippen LogP contribution in [0.25, 0.3) is 11.0 Å². The number of ether oxygens (including phenoxy) is 1. The molecule has 5 nitrogen and oxygen atoms in total. The molecule has 2 aromatic rings. The van der Waals surface area contributed by atoms with Gasteiger partial charge in [-0.05, 0) is 38.1 Å². The van der Waals surface area contributed by atoms with E-state index >= 15 is 0 Å². The number of amides is 1. The number of nitrogens with one attached hydrogen (secondary N) is 1. The van der Waals surface area contributed by atoms with Crippen molar-refractivity contribution < 1.29 is 13.9 Å².